The maximum atomic E-state index is 12.3. The topological polar surface area (TPSA) is 83.9 Å². The van der Waals surface area contributed by atoms with Crippen molar-refractivity contribution in [1.29, 1.82) is 0 Å². The van der Waals surface area contributed by atoms with Crippen LogP contribution in [0.1, 0.15) is 26.2 Å². The van der Waals surface area contributed by atoms with Crippen molar-refractivity contribution in [3.63, 3.8) is 0 Å². The molecule has 110 valence electrons. The quantitative estimate of drug-likeness (QED) is 0.799. The first-order chi connectivity index (χ1) is 8.82. The van der Waals surface area contributed by atoms with Crippen LogP contribution in [0.25, 0.3) is 0 Å². The van der Waals surface area contributed by atoms with Crippen LogP contribution in [-0.4, -0.2) is 55.9 Å². The Hall–Kier alpha value is -0.660. The molecule has 0 aromatic rings. The van der Waals surface area contributed by atoms with Gasteiger partial charge in [0, 0.05) is 20.2 Å². The highest BCUT2D eigenvalue weighted by Gasteiger charge is 2.57. The van der Waals surface area contributed by atoms with Crippen molar-refractivity contribution in [2.45, 2.75) is 32.3 Å². The second-order valence-corrected chi connectivity index (χ2v) is 7.68. The molecule has 1 saturated carbocycles. The number of hydrogen-bond donors (Lipinski definition) is 1. The second kappa shape index (κ2) is 5.03. The van der Waals surface area contributed by atoms with E-state index in [2.05, 4.69) is 0 Å². The van der Waals surface area contributed by atoms with Crippen molar-refractivity contribution < 1.29 is 23.1 Å². The van der Waals surface area contributed by atoms with E-state index in [0.29, 0.717) is 13.0 Å². The molecule has 0 spiro atoms. The molecule has 0 bridgehead atoms. The number of methoxy groups -OCH3 is 1. The van der Waals surface area contributed by atoms with Gasteiger partial charge >= 0.3 is 5.97 Å². The van der Waals surface area contributed by atoms with Gasteiger partial charge in [-0.25, -0.2) is 12.7 Å². The van der Waals surface area contributed by atoms with Crippen molar-refractivity contribution in [3.8, 4) is 0 Å². The third-order valence-electron chi connectivity index (χ3n) is 4.51. The van der Waals surface area contributed by atoms with E-state index in [0.717, 1.165) is 12.8 Å². The molecule has 1 N–H and O–H groups in total. The summed E-state index contributed by atoms with van der Waals surface area (Å²) in [7, 11) is -1.97. The van der Waals surface area contributed by atoms with E-state index in [9.17, 15) is 18.3 Å². The lowest BCUT2D eigenvalue weighted by atomic mass is 9.81. The number of hydrogen-bond acceptors (Lipinski definition) is 4. The second-order valence-electron chi connectivity index (χ2n) is 5.67. The number of fused-ring (bicyclic) bond motifs is 1. The SMILES string of the molecule is COC(C)CS(=O)(=O)N1C[C@@H]2CCC[C@@]2(C(=O)O)C1. The van der Waals surface area contributed by atoms with Crippen LogP contribution in [0.15, 0.2) is 0 Å². The molecule has 0 radical (unpaired) electrons. The normalized spacial score (nSPS) is 33.3. The Bertz CT molecular complexity index is 463. The lowest BCUT2D eigenvalue weighted by molar-refractivity contribution is -0.149. The lowest BCUT2D eigenvalue weighted by Crippen LogP contribution is -2.39. The minimum atomic E-state index is -3.44. The Morgan fingerprint density at radius 3 is 2.79 bits per heavy atom. The molecule has 6 nitrogen and oxygen atoms in total. The largest absolute Gasteiger partial charge is 0.481 e. The number of carboxylic acid groups (broad SMARTS) is 1. The molecule has 0 aromatic carbocycles. The van der Waals surface area contributed by atoms with Crippen LogP contribution in [-0.2, 0) is 19.6 Å². The zero-order valence-electron chi connectivity index (χ0n) is 11.3. The fourth-order valence-electron chi connectivity index (χ4n) is 3.27. The summed E-state index contributed by atoms with van der Waals surface area (Å²) in [5.41, 5.74) is -0.858. The van der Waals surface area contributed by atoms with Gasteiger partial charge in [-0.2, -0.15) is 0 Å². The van der Waals surface area contributed by atoms with Crippen LogP contribution in [0.5, 0.6) is 0 Å². The average Bonchev–Trinajstić information content (AvgIpc) is 2.85. The molecule has 0 amide bonds. The highest BCUT2D eigenvalue weighted by atomic mass is 32.2. The Kier molecular flexibility index (Phi) is 3.90. The molecule has 1 heterocycles. The molecule has 1 saturated heterocycles. The monoisotopic (exact) mass is 291 g/mol. The molecule has 2 rings (SSSR count). The molecule has 0 aromatic heterocycles. The molecular weight excluding hydrogens is 270 g/mol. The Labute approximate surface area is 113 Å². The van der Waals surface area contributed by atoms with Crippen molar-refractivity contribution in [3.05, 3.63) is 0 Å². The molecule has 19 heavy (non-hydrogen) atoms. The first-order valence-corrected chi connectivity index (χ1v) is 8.17. The van der Waals surface area contributed by atoms with E-state index in [1.54, 1.807) is 6.92 Å². The van der Waals surface area contributed by atoms with E-state index in [1.165, 1.54) is 11.4 Å². The van der Waals surface area contributed by atoms with Crippen LogP contribution in [0.3, 0.4) is 0 Å². The van der Waals surface area contributed by atoms with Crippen molar-refractivity contribution in [2.24, 2.45) is 11.3 Å². The van der Waals surface area contributed by atoms with Crippen LogP contribution in [0, 0.1) is 11.3 Å². The summed E-state index contributed by atoms with van der Waals surface area (Å²) < 4.78 is 30.8. The minimum absolute atomic E-state index is 0.0439. The van der Waals surface area contributed by atoms with E-state index < -0.39 is 21.4 Å². The third-order valence-corrected chi connectivity index (χ3v) is 6.46. The van der Waals surface area contributed by atoms with Crippen molar-refractivity contribution in [2.75, 3.05) is 26.0 Å². The van der Waals surface area contributed by atoms with Crippen LogP contribution >= 0.6 is 0 Å². The zero-order chi connectivity index (χ0) is 14.3. The van der Waals surface area contributed by atoms with E-state index >= 15 is 0 Å². The molecule has 1 aliphatic heterocycles. The minimum Gasteiger partial charge on any atom is -0.481 e. The van der Waals surface area contributed by atoms with Gasteiger partial charge in [0.25, 0.3) is 0 Å². The molecule has 7 heteroatoms. The highest BCUT2D eigenvalue weighted by Crippen LogP contribution is 2.49. The van der Waals surface area contributed by atoms with Gasteiger partial charge in [0.15, 0.2) is 0 Å². The van der Waals surface area contributed by atoms with Crippen molar-refractivity contribution >= 4 is 16.0 Å². The number of ether oxygens (including phenoxy) is 1. The van der Waals surface area contributed by atoms with E-state index in [-0.39, 0.29) is 24.3 Å². The summed E-state index contributed by atoms with van der Waals surface area (Å²) in [5, 5.41) is 9.44. The molecule has 3 atom stereocenters. The van der Waals surface area contributed by atoms with Gasteiger partial charge in [0.05, 0.1) is 17.3 Å². The van der Waals surface area contributed by atoms with Gasteiger partial charge in [-0.05, 0) is 25.7 Å². The summed E-state index contributed by atoms with van der Waals surface area (Å²) in [6.07, 6.45) is 1.88. The molecule has 2 aliphatic rings. The first-order valence-electron chi connectivity index (χ1n) is 6.56. The van der Waals surface area contributed by atoms with Crippen molar-refractivity contribution in [1.82, 2.24) is 4.31 Å². The van der Waals surface area contributed by atoms with Gasteiger partial charge < -0.3 is 9.84 Å². The number of nitrogens with zero attached hydrogens (tertiary/aromatic N) is 1. The summed E-state index contributed by atoms with van der Waals surface area (Å²) in [6, 6.07) is 0. The maximum Gasteiger partial charge on any atom is 0.311 e. The van der Waals surface area contributed by atoms with Gasteiger partial charge in [-0.1, -0.05) is 6.42 Å². The average molecular weight is 291 g/mol. The van der Waals surface area contributed by atoms with Crippen LogP contribution in [0.4, 0.5) is 0 Å². The van der Waals surface area contributed by atoms with Crippen LogP contribution in [0.2, 0.25) is 0 Å². The van der Waals surface area contributed by atoms with Gasteiger partial charge in [-0.15, -0.1) is 0 Å². The summed E-state index contributed by atoms with van der Waals surface area (Å²) >= 11 is 0. The van der Waals surface area contributed by atoms with E-state index in [4.69, 9.17) is 4.74 Å². The fourth-order valence-corrected chi connectivity index (χ4v) is 5.05. The fraction of sp³-hybridized carbons (Fsp3) is 0.917. The Morgan fingerprint density at radius 1 is 1.58 bits per heavy atom. The summed E-state index contributed by atoms with van der Waals surface area (Å²) in [6.45, 7) is 2.15. The molecule has 1 unspecified atom stereocenters. The predicted molar refractivity (Wildman–Crippen MR) is 69.2 cm³/mol. The Balaban J connectivity index is 2.16. The van der Waals surface area contributed by atoms with Gasteiger partial charge in [0.1, 0.15) is 0 Å². The third kappa shape index (κ3) is 2.51. The molecule has 1 aliphatic carbocycles. The number of aliphatic carboxylic acids is 1. The molecular formula is C12H21NO5S. The smallest absolute Gasteiger partial charge is 0.311 e. The van der Waals surface area contributed by atoms with Gasteiger partial charge in [-0.3, -0.25) is 4.79 Å². The van der Waals surface area contributed by atoms with Crippen LogP contribution < -0.4 is 0 Å². The number of carboxylic acids is 1. The lowest BCUT2D eigenvalue weighted by Gasteiger charge is -2.23. The molecule has 2 fully saturated rings. The number of rotatable bonds is 5. The Morgan fingerprint density at radius 2 is 2.26 bits per heavy atom. The summed E-state index contributed by atoms with van der Waals surface area (Å²) in [5.74, 6) is -0.989. The predicted octanol–water partition coefficient (Wildman–Crippen LogP) is 0.538. The number of sulfonamides is 1. The van der Waals surface area contributed by atoms with Gasteiger partial charge in [0.2, 0.25) is 10.0 Å². The maximum absolute atomic E-state index is 12.3. The number of carbonyl (C=O) groups is 1. The standard InChI is InChI=1S/C12H21NO5S/c1-9(18-2)7-19(16,17)13-6-10-4-3-5-12(10,8-13)11(14)15/h9-10H,3-8H2,1-2H3,(H,14,15)/t9?,10-,12+/m0/s1. The van der Waals surface area contributed by atoms with E-state index in [1.807, 2.05) is 0 Å². The first kappa shape index (κ1) is 14.7. The summed E-state index contributed by atoms with van der Waals surface area (Å²) in [4.78, 5) is 11.5. The highest BCUT2D eigenvalue weighted by molar-refractivity contribution is 7.89. The zero-order valence-corrected chi connectivity index (χ0v) is 12.1.